The molecule has 9 heteroatoms. The van der Waals surface area contributed by atoms with Gasteiger partial charge in [-0.1, -0.05) is 19.1 Å². The topological polar surface area (TPSA) is 83.5 Å². The number of carboxylic acid groups (broad SMARTS) is 1. The third-order valence-electron chi connectivity index (χ3n) is 2.72. The SMILES string of the molecule is CC[C@H](CC(=O)[O-])c1cccc(OS(=O)(=O)C(F)(F)F)c1. The van der Waals surface area contributed by atoms with Gasteiger partial charge >= 0.3 is 15.6 Å². The van der Waals surface area contributed by atoms with Crippen LogP contribution in [0.2, 0.25) is 0 Å². The summed E-state index contributed by atoms with van der Waals surface area (Å²) in [5.74, 6) is -2.34. The third-order valence-corrected chi connectivity index (χ3v) is 3.70. The van der Waals surface area contributed by atoms with Crippen LogP contribution in [0.25, 0.3) is 0 Å². The molecule has 0 saturated carbocycles. The van der Waals surface area contributed by atoms with Gasteiger partial charge in [0.15, 0.2) is 0 Å². The molecular formula is C12H12F3O5S-. The molecule has 0 unspecified atom stereocenters. The quantitative estimate of drug-likeness (QED) is 0.585. The molecular weight excluding hydrogens is 313 g/mol. The van der Waals surface area contributed by atoms with Gasteiger partial charge in [-0.25, -0.2) is 0 Å². The largest absolute Gasteiger partial charge is 0.550 e. The number of alkyl halides is 3. The second-order valence-electron chi connectivity index (χ2n) is 4.24. The van der Waals surface area contributed by atoms with Gasteiger partial charge in [0.1, 0.15) is 5.75 Å². The fraction of sp³-hybridized carbons (Fsp3) is 0.417. The molecule has 118 valence electrons. The zero-order chi connectivity index (χ0) is 16.3. The van der Waals surface area contributed by atoms with Crippen LogP contribution in [0.3, 0.4) is 0 Å². The molecule has 0 aliphatic heterocycles. The van der Waals surface area contributed by atoms with Crippen LogP contribution >= 0.6 is 0 Å². The Balaban J connectivity index is 3.03. The van der Waals surface area contributed by atoms with Gasteiger partial charge in [0, 0.05) is 5.97 Å². The van der Waals surface area contributed by atoms with Crippen molar-refractivity contribution in [2.45, 2.75) is 31.2 Å². The summed E-state index contributed by atoms with van der Waals surface area (Å²) in [6.45, 7) is 1.69. The molecule has 0 aromatic heterocycles. The predicted molar refractivity (Wildman–Crippen MR) is 64.7 cm³/mol. The van der Waals surface area contributed by atoms with Gasteiger partial charge in [0.05, 0.1) is 0 Å². The van der Waals surface area contributed by atoms with Gasteiger partial charge in [-0.05, 0) is 36.5 Å². The van der Waals surface area contributed by atoms with Crippen molar-refractivity contribution < 1.29 is 35.7 Å². The summed E-state index contributed by atoms with van der Waals surface area (Å²) in [5, 5.41) is 10.6. The van der Waals surface area contributed by atoms with E-state index in [0.717, 1.165) is 12.1 Å². The van der Waals surface area contributed by atoms with Crippen molar-refractivity contribution in [2.75, 3.05) is 0 Å². The number of halogens is 3. The Hall–Kier alpha value is -1.77. The second kappa shape index (κ2) is 6.33. The number of rotatable bonds is 6. The first kappa shape index (κ1) is 17.3. The molecule has 0 radical (unpaired) electrons. The van der Waals surface area contributed by atoms with E-state index in [4.69, 9.17) is 0 Å². The van der Waals surface area contributed by atoms with E-state index in [1.54, 1.807) is 6.92 Å². The molecule has 0 heterocycles. The van der Waals surface area contributed by atoms with E-state index < -0.39 is 33.3 Å². The first-order chi connectivity index (χ1) is 9.56. The molecule has 0 bridgehead atoms. The lowest BCUT2D eigenvalue weighted by molar-refractivity contribution is -0.306. The average Bonchev–Trinajstić information content (AvgIpc) is 2.34. The highest BCUT2D eigenvalue weighted by molar-refractivity contribution is 7.87. The minimum Gasteiger partial charge on any atom is -0.550 e. The maximum atomic E-state index is 12.2. The normalized spacial score (nSPS) is 13.7. The highest BCUT2D eigenvalue weighted by Gasteiger charge is 2.48. The average molecular weight is 325 g/mol. The van der Waals surface area contributed by atoms with Gasteiger partial charge in [0.25, 0.3) is 0 Å². The minimum absolute atomic E-state index is 0.327. The molecule has 0 saturated heterocycles. The molecule has 1 rings (SSSR count). The Morgan fingerprint density at radius 2 is 2.00 bits per heavy atom. The number of aliphatic carboxylic acids is 1. The van der Waals surface area contributed by atoms with Crippen LogP contribution in [-0.4, -0.2) is 19.9 Å². The van der Waals surface area contributed by atoms with Gasteiger partial charge in [0.2, 0.25) is 0 Å². The summed E-state index contributed by atoms with van der Waals surface area (Å²) in [4.78, 5) is 10.6. The maximum Gasteiger partial charge on any atom is 0.534 e. The van der Waals surface area contributed by atoms with E-state index in [9.17, 15) is 31.5 Å². The third kappa shape index (κ3) is 4.62. The van der Waals surface area contributed by atoms with Crippen molar-refractivity contribution in [3.8, 4) is 5.75 Å². The van der Waals surface area contributed by atoms with E-state index in [1.165, 1.54) is 12.1 Å². The second-order valence-corrected chi connectivity index (χ2v) is 5.77. The molecule has 0 spiro atoms. The first-order valence-corrected chi connectivity index (χ1v) is 7.28. The van der Waals surface area contributed by atoms with E-state index in [2.05, 4.69) is 4.18 Å². The predicted octanol–water partition coefficient (Wildman–Crippen LogP) is 1.55. The number of hydrogen-bond acceptors (Lipinski definition) is 5. The number of hydrogen-bond donors (Lipinski definition) is 0. The van der Waals surface area contributed by atoms with Crippen molar-refractivity contribution in [3.05, 3.63) is 29.8 Å². The van der Waals surface area contributed by atoms with Crippen LogP contribution in [0.5, 0.6) is 5.75 Å². The first-order valence-electron chi connectivity index (χ1n) is 5.87. The lowest BCUT2D eigenvalue weighted by atomic mass is 9.93. The number of carboxylic acids is 1. The van der Waals surface area contributed by atoms with Crippen LogP contribution in [0.1, 0.15) is 31.2 Å². The number of carbonyl (C=O) groups is 1. The molecule has 5 nitrogen and oxygen atoms in total. The van der Waals surface area contributed by atoms with E-state index in [0.29, 0.717) is 12.0 Å². The van der Waals surface area contributed by atoms with Crippen LogP contribution in [0, 0.1) is 0 Å². The summed E-state index contributed by atoms with van der Waals surface area (Å²) in [6, 6.07) is 4.87. The zero-order valence-corrected chi connectivity index (χ0v) is 11.7. The van der Waals surface area contributed by atoms with Crippen molar-refractivity contribution in [3.63, 3.8) is 0 Å². The fourth-order valence-corrected chi connectivity index (χ4v) is 2.14. The van der Waals surface area contributed by atoms with Gasteiger partial charge in [-0.3, -0.25) is 0 Å². The summed E-state index contributed by atoms with van der Waals surface area (Å²) in [5.41, 5.74) is -5.17. The van der Waals surface area contributed by atoms with Crippen LogP contribution in [0.15, 0.2) is 24.3 Å². The summed E-state index contributed by atoms with van der Waals surface area (Å²) < 4.78 is 62.4. The lowest BCUT2D eigenvalue weighted by Gasteiger charge is -2.17. The van der Waals surface area contributed by atoms with Crippen molar-refractivity contribution >= 4 is 16.1 Å². The Morgan fingerprint density at radius 1 is 1.38 bits per heavy atom. The van der Waals surface area contributed by atoms with Crippen LogP contribution in [0.4, 0.5) is 13.2 Å². The highest BCUT2D eigenvalue weighted by atomic mass is 32.2. The Bertz CT molecular complexity index is 610. The van der Waals surface area contributed by atoms with Crippen molar-refractivity contribution in [1.29, 1.82) is 0 Å². The Labute approximate surface area is 119 Å². The van der Waals surface area contributed by atoms with Crippen molar-refractivity contribution in [2.24, 2.45) is 0 Å². The van der Waals surface area contributed by atoms with E-state index in [-0.39, 0.29) is 6.42 Å². The molecule has 0 N–H and O–H groups in total. The van der Waals surface area contributed by atoms with E-state index >= 15 is 0 Å². The summed E-state index contributed by atoms with van der Waals surface area (Å²) in [7, 11) is -5.75. The molecule has 1 atom stereocenters. The fourth-order valence-electron chi connectivity index (χ4n) is 1.69. The molecule has 0 aliphatic carbocycles. The molecule has 1 aromatic rings. The summed E-state index contributed by atoms with van der Waals surface area (Å²) >= 11 is 0. The summed E-state index contributed by atoms with van der Waals surface area (Å²) in [6.07, 6.45) is 0.0649. The minimum atomic E-state index is -5.75. The smallest absolute Gasteiger partial charge is 0.534 e. The monoisotopic (exact) mass is 325 g/mol. The van der Waals surface area contributed by atoms with Gasteiger partial charge in [-0.2, -0.15) is 21.6 Å². The Kier molecular flexibility index (Phi) is 5.21. The number of benzene rings is 1. The lowest BCUT2D eigenvalue weighted by Crippen LogP contribution is -2.28. The standard InChI is InChI=1S/C12H13F3O5S/c1-2-8(7-11(16)17)9-4-3-5-10(6-9)20-21(18,19)12(13,14)15/h3-6,8H,2,7H2,1H3,(H,16,17)/p-1/t8-/m1/s1. The zero-order valence-electron chi connectivity index (χ0n) is 10.9. The molecule has 0 amide bonds. The van der Waals surface area contributed by atoms with Crippen LogP contribution < -0.4 is 9.29 Å². The van der Waals surface area contributed by atoms with Gasteiger partial charge < -0.3 is 14.1 Å². The highest BCUT2D eigenvalue weighted by Crippen LogP contribution is 2.30. The molecule has 21 heavy (non-hydrogen) atoms. The Morgan fingerprint density at radius 3 is 2.48 bits per heavy atom. The van der Waals surface area contributed by atoms with Crippen molar-refractivity contribution in [1.82, 2.24) is 0 Å². The molecule has 1 aromatic carbocycles. The maximum absolute atomic E-state index is 12.2. The van der Waals surface area contributed by atoms with Crippen LogP contribution in [-0.2, 0) is 14.9 Å². The van der Waals surface area contributed by atoms with E-state index in [1.807, 2.05) is 0 Å². The molecule has 0 fully saturated rings. The van der Waals surface area contributed by atoms with Gasteiger partial charge in [-0.15, -0.1) is 0 Å². The molecule has 0 aliphatic rings. The number of carbonyl (C=O) groups excluding carboxylic acids is 1.